The highest BCUT2D eigenvalue weighted by Gasteiger charge is 2.11. The highest BCUT2D eigenvalue weighted by Crippen LogP contribution is 2.16. The van der Waals surface area contributed by atoms with Gasteiger partial charge in [0.2, 0.25) is 0 Å². The van der Waals surface area contributed by atoms with Crippen LogP contribution in [0.1, 0.15) is 32.1 Å². The Morgan fingerprint density at radius 2 is 2.30 bits per heavy atom. The van der Waals surface area contributed by atoms with Crippen LogP contribution in [0.5, 0.6) is 0 Å². The molecule has 0 aromatic rings. The van der Waals surface area contributed by atoms with Crippen LogP contribution < -0.4 is 5.73 Å². The summed E-state index contributed by atoms with van der Waals surface area (Å²) in [6.45, 7) is 1.77. The molecule has 2 N–H and O–H groups in total. The maximum atomic E-state index is 5.52. The highest BCUT2D eigenvalue weighted by atomic mass is 16.5. The lowest BCUT2D eigenvalue weighted by molar-refractivity contribution is 0.0105. The molecule has 0 spiro atoms. The molecule has 0 radical (unpaired) electrons. The average molecular weight is 143 g/mol. The van der Waals surface area contributed by atoms with Crippen molar-refractivity contribution in [3.05, 3.63) is 0 Å². The normalized spacial score (nSPS) is 26.7. The molecule has 1 aliphatic heterocycles. The molecule has 0 aliphatic carbocycles. The van der Waals surface area contributed by atoms with Crippen LogP contribution in [0.2, 0.25) is 0 Å². The molecule has 1 rings (SSSR count). The van der Waals surface area contributed by atoms with Gasteiger partial charge in [0.25, 0.3) is 0 Å². The van der Waals surface area contributed by atoms with Crippen molar-refractivity contribution < 1.29 is 4.74 Å². The molecule has 60 valence electrons. The van der Waals surface area contributed by atoms with Crippen LogP contribution in [0, 0.1) is 0 Å². The summed E-state index contributed by atoms with van der Waals surface area (Å²) in [6.07, 6.45) is 6.65. The minimum Gasteiger partial charge on any atom is -0.378 e. The molecule has 1 heterocycles. The third-order valence-electron chi connectivity index (χ3n) is 2.00. The Balaban J connectivity index is 2.02. The van der Waals surface area contributed by atoms with E-state index >= 15 is 0 Å². The van der Waals surface area contributed by atoms with Crippen LogP contribution in [0.25, 0.3) is 0 Å². The summed E-state index contributed by atoms with van der Waals surface area (Å²) in [6, 6.07) is 0. The fourth-order valence-corrected chi connectivity index (χ4v) is 1.38. The summed E-state index contributed by atoms with van der Waals surface area (Å²) in [4.78, 5) is 0. The maximum absolute atomic E-state index is 5.52. The zero-order valence-corrected chi connectivity index (χ0v) is 6.51. The zero-order valence-electron chi connectivity index (χ0n) is 6.51. The average Bonchev–Trinajstić information content (AvgIpc) is 2.03. The van der Waals surface area contributed by atoms with Gasteiger partial charge in [-0.3, -0.25) is 0 Å². The molecule has 1 unspecified atom stereocenters. The first-order chi connectivity index (χ1) is 4.93. The van der Waals surface area contributed by atoms with Gasteiger partial charge in [0.15, 0.2) is 0 Å². The number of ether oxygens (including phenoxy) is 1. The molecule has 1 atom stereocenters. The molecular weight excluding hydrogens is 126 g/mol. The summed E-state index contributed by atoms with van der Waals surface area (Å²) < 4.78 is 5.52. The molecule has 1 fully saturated rings. The van der Waals surface area contributed by atoms with Gasteiger partial charge in [-0.25, -0.2) is 0 Å². The van der Waals surface area contributed by atoms with Gasteiger partial charge in [0.05, 0.1) is 6.10 Å². The molecule has 0 amide bonds. The van der Waals surface area contributed by atoms with Crippen LogP contribution in [-0.4, -0.2) is 19.3 Å². The predicted molar refractivity (Wildman–Crippen MR) is 41.9 cm³/mol. The molecule has 0 bridgehead atoms. The minimum absolute atomic E-state index is 0.525. The quantitative estimate of drug-likeness (QED) is 0.646. The van der Waals surface area contributed by atoms with Crippen molar-refractivity contribution in [2.24, 2.45) is 5.73 Å². The van der Waals surface area contributed by atoms with Crippen LogP contribution in [0.15, 0.2) is 0 Å². The van der Waals surface area contributed by atoms with E-state index in [1.807, 2.05) is 0 Å². The molecule has 0 aromatic heterocycles. The molecule has 1 saturated heterocycles. The van der Waals surface area contributed by atoms with Crippen molar-refractivity contribution in [1.29, 1.82) is 0 Å². The Bertz CT molecular complexity index is 79.3. The second-order valence-corrected chi connectivity index (χ2v) is 2.92. The second kappa shape index (κ2) is 4.69. The fourth-order valence-electron chi connectivity index (χ4n) is 1.38. The van der Waals surface area contributed by atoms with Crippen LogP contribution in [0.4, 0.5) is 0 Å². The van der Waals surface area contributed by atoms with Crippen molar-refractivity contribution in [3.8, 4) is 0 Å². The van der Waals surface area contributed by atoms with Crippen LogP contribution in [-0.2, 0) is 4.74 Å². The Hall–Kier alpha value is -0.0800. The molecule has 2 heteroatoms. The van der Waals surface area contributed by atoms with Gasteiger partial charge in [0.1, 0.15) is 0 Å². The smallest absolute Gasteiger partial charge is 0.0575 e. The summed E-state index contributed by atoms with van der Waals surface area (Å²) in [5, 5.41) is 0. The number of nitrogens with two attached hydrogens (primary N) is 1. The van der Waals surface area contributed by atoms with Crippen LogP contribution in [0.3, 0.4) is 0 Å². The fraction of sp³-hybridized carbons (Fsp3) is 1.00. The Labute approximate surface area is 62.7 Å². The lowest BCUT2D eigenvalue weighted by Crippen LogP contribution is -2.19. The Morgan fingerprint density at radius 1 is 1.40 bits per heavy atom. The van der Waals surface area contributed by atoms with E-state index in [2.05, 4.69) is 0 Å². The van der Waals surface area contributed by atoms with Crippen LogP contribution >= 0.6 is 0 Å². The van der Waals surface area contributed by atoms with Gasteiger partial charge in [0, 0.05) is 6.61 Å². The Kier molecular flexibility index (Phi) is 3.76. The maximum Gasteiger partial charge on any atom is 0.0575 e. The highest BCUT2D eigenvalue weighted by molar-refractivity contribution is 4.63. The lowest BCUT2D eigenvalue weighted by atomic mass is 10.1. The molecule has 0 aromatic carbocycles. The van der Waals surface area contributed by atoms with E-state index in [-0.39, 0.29) is 0 Å². The standard InChI is InChI=1S/C8H17NO/c9-6-3-5-8-4-1-2-7-10-8/h8H,1-7,9H2. The van der Waals surface area contributed by atoms with E-state index < -0.39 is 0 Å². The van der Waals surface area contributed by atoms with Gasteiger partial charge in [-0.2, -0.15) is 0 Å². The molecule has 0 saturated carbocycles. The van der Waals surface area contributed by atoms with E-state index in [0.29, 0.717) is 6.10 Å². The van der Waals surface area contributed by atoms with Crippen molar-refractivity contribution in [1.82, 2.24) is 0 Å². The summed E-state index contributed by atoms with van der Waals surface area (Å²) in [5.41, 5.74) is 5.39. The van der Waals surface area contributed by atoms with Crippen molar-refractivity contribution in [2.75, 3.05) is 13.2 Å². The number of hydrogen-bond donors (Lipinski definition) is 1. The van der Waals surface area contributed by atoms with Gasteiger partial charge in [-0.15, -0.1) is 0 Å². The monoisotopic (exact) mass is 143 g/mol. The predicted octanol–water partition coefficient (Wildman–Crippen LogP) is 1.29. The molecule has 10 heavy (non-hydrogen) atoms. The summed E-state index contributed by atoms with van der Waals surface area (Å²) in [7, 11) is 0. The van der Waals surface area contributed by atoms with E-state index in [1.165, 1.54) is 19.3 Å². The summed E-state index contributed by atoms with van der Waals surface area (Å²) >= 11 is 0. The van der Waals surface area contributed by atoms with Gasteiger partial charge in [-0.1, -0.05) is 0 Å². The first-order valence-electron chi connectivity index (χ1n) is 4.25. The van der Waals surface area contributed by atoms with Gasteiger partial charge >= 0.3 is 0 Å². The van der Waals surface area contributed by atoms with Crippen molar-refractivity contribution >= 4 is 0 Å². The lowest BCUT2D eigenvalue weighted by Gasteiger charge is -2.21. The largest absolute Gasteiger partial charge is 0.378 e. The first-order valence-corrected chi connectivity index (χ1v) is 4.25. The van der Waals surface area contributed by atoms with E-state index in [1.54, 1.807) is 0 Å². The summed E-state index contributed by atoms with van der Waals surface area (Å²) in [5.74, 6) is 0. The molecule has 2 nitrogen and oxygen atoms in total. The first kappa shape index (κ1) is 8.02. The number of rotatable bonds is 3. The van der Waals surface area contributed by atoms with Crippen molar-refractivity contribution in [2.45, 2.75) is 38.2 Å². The SMILES string of the molecule is NCCCC1CCCCO1. The molecule has 1 aliphatic rings. The second-order valence-electron chi connectivity index (χ2n) is 2.92. The third kappa shape index (κ3) is 2.67. The number of hydrogen-bond acceptors (Lipinski definition) is 2. The van der Waals surface area contributed by atoms with Gasteiger partial charge < -0.3 is 10.5 Å². The van der Waals surface area contributed by atoms with Crippen molar-refractivity contribution in [3.63, 3.8) is 0 Å². The van der Waals surface area contributed by atoms with E-state index in [0.717, 1.165) is 26.0 Å². The zero-order chi connectivity index (χ0) is 7.23. The third-order valence-corrected chi connectivity index (χ3v) is 2.00. The minimum atomic E-state index is 0.525. The topological polar surface area (TPSA) is 35.2 Å². The van der Waals surface area contributed by atoms with Gasteiger partial charge in [-0.05, 0) is 38.6 Å². The molecular formula is C8H17NO. The van der Waals surface area contributed by atoms with E-state index in [9.17, 15) is 0 Å². The Morgan fingerprint density at radius 3 is 2.90 bits per heavy atom. The van der Waals surface area contributed by atoms with E-state index in [4.69, 9.17) is 10.5 Å².